The van der Waals surface area contributed by atoms with Gasteiger partial charge in [0.1, 0.15) is 11.8 Å². The molecule has 3 heteroatoms. The summed E-state index contributed by atoms with van der Waals surface area (Å²) in [7, 11) is 0. The number of hydrogen-bond acceptors (Lipinski definition) is 3. The number of hydrogen-bond donors (Lipinski definition) is 1. The van der Waals surface area contributed by atoms with Crippen molar-refractivity contribution in [2.45, 2.75) is 44.8 Å². The zero-order valence-electron chi connectivity index (χ0n) is 10.0. The molecule has 0 aromatic heterocycles. The summed E-state index contributed by atoms with van der Waals surface area (Å²) in [5, 5.41) is 18.8. The van der Waals surface area contributed by atoms with Crippen LogP contribution in [0.5, 0.6) is 5.75 Å². The molecular weight excluding hydrogens is 214 g/mol. The van der Waals surface area contributed by atoms with Crippen LogP contribution in [0.3, 0.4) is 0 Å². The number of aliphatic hydroxyl groups excluding tert-OH is 1. The topological polar surface area (TPSA) is 53.2 Å². The van der Waals surface area contributed by atoms with Gasteiger partial charge in [-0.25, -0.2) is 0 Å². The molecule has 2 rings (SSSR count). The highest BCUT2D eigenvalue weighted by Gasteiger charge is 2.19. The van der Waals surface area contributed by atoms with Crippen molar-refractivity contribution in [1.29, 1.82) is 5.26 Å². The lowest BCUT2D eigenvalue weighted by Gasteiger charge is -2.22. The van der Waals surface area contributed by atoms with E-state index < -0.39 is 6.10 Å². The summed E-state index contributed by atoms with van der Waals surface area (Å²) in [6, 6.07) is 7.86. The first-order valence-electron chi connectivity index (χ1n) is 6.11. The van der Waals surface area contributed by atoms with Crippen LogP contribution in [-0.4, -0.2) is 11.2 Å². The van der Waals surface area contributed by atoms with E-state index in [0.29, 0.717) is 12.2 Å². The van der Waals surface area contributed by atoms with Gasteiger partial charge in [0.05, 0.1) is 6.10 Å². The predicted molar refractivity (Wildman–Crippen MR) is 64.7 cm³/mol. The van der Waals surface area contributed by atoms with Crippen molar-refractivity contribution in [1.82, 2.24) is 0 Å². The van der Waals surface area contributed by atoms with Gasteiger partial charge in [0.25, 0.3) is 0 Å². The molecule has 90 valence electrons. The van der Waals surface area contributed by atoms with Gasteiger partial charge in [-0.3, -0.25) is 0 Å². The fraction of sp³-hybridized carbons (Fsp3) is 0.500. The maximum Gasteiger partial charge on any atom is 0.184 e. The van der Waals surface area contributed by atoms with E-state index in [9.17, 15) is 5.11 Å². The summed E-state index contributed by atoms with van der Waals surface area (Å²) < 4.78 is 5.55. The molecule has 0 aliphatic heterocycles. The lowest BCUT2D eigenvalue weighted by Crippen LogP contribution is -2.14. The first-order valence-corrected chi connectivity index (χ1v) is 6.11. The van der Waals surface area contributed by atoms with Gasteiger partial charge >= 0.3 is 0 Å². The van der Waals surface area contributed by atoms with E-state index in [2.05, 4.69) is 6.07 Å². The maximum atomic E-state index is 9.91. The highest BCUT2D eigenvalue weighted by Crippen LogP contribution is 2.32. The van der Waals surface area contributed by atoms with Crippen LogP contribution in [-0.2, 0) is 6.42 Å². The summed E-state index contributed by atoms with van der Waals surface area (Å²) >= 11 is 0. The summed E-state index contributed by atoms with van der Waals surface area (Å²) in [5.41, 5.74) is 2.16. The largest absolute Gasteiger partial charge is 0.476 e. The quantitative estimate of drug-likeness (QED) is 0.870. The molecule has 0 spiro atoms. The molecule has 1 aromatic rings. The van der Waals surface area contributed by atoms with Crippen LogP contribution in [0.15, 0.2) is 18.2 Å². The molecule has 1 N–H and O–H groups in total. The fourth-order valence-electron chi connectivity index (χ4n) is 2.19. The summed E-state index contributed by atoms with van der Waals surface area (Å²) in [4.78, 5) is 0. The Hall–Kier alpha value is -1.53. The van der Waals surface area contributed by atoms with Crippen LogP contribution in [0, 0.1) is 11.3 Å². The Labute approximate surface area is 102 Å². The van der Waals surface area contributed by atoms with Gasteiger partial charge in [-0.1, -0.05) is 13.0 Å². The fourth-order valence-corrected chi connectivity index (χ4v) is 2.19. The van der Waals surface area contributed by atoms with Crippen LogP contribution in [0.2, 0.25) is 0 Å². The summed E-state index contributed by atoms with van der Waals surface area (Å²) in [5.74, 6) is 0.679. The third kappa shape index (κ3) is 2.59. The van der Waals surface area contributed by atoms with E-state index in [1.54, 1.807) is 0 Å². The SMILES string of the molecule is CCC(C#N)Oc1ccc2c(c1)C(O)CCC2. The maximum absolute atomic E-state index is 9.91. The molecule has 17 heavy (non-hydrogen) atoms. The summed E-state index contributed by atoms with van der Waals surface area (Å²) in [6.45, 7) is 1.92. The number of fused-ring (bicyclic) bond motifs is 1. The van der Waals surface area contributed by atoms with E-state index in [1.165, 1.54) is 5.56 Å². The highest BCUT2D eigenvalue weighted by atomic mass is 16.5. The van der Waals surface area contributed by atoms with Gasteiger partial charge in [-0.2, -0.15) is 5.26 Å². The second kappa shape index (κ2) is 5.20. The lowest BCUT2D eigenvalue weighted by atomic mass is 9.89. The number of rotatable bonds is 3. The molecule has 0 heterocycles. The van der Waals surface area contributed by atoms with Crippen LogP contribution < -0.4 is 4.74 Å². The molecule has 0 radical (unpaired) electrons. The van der Waals surface area contributed by atoms with Gasteiger partial charge in [0.15, 0.2) is 6.10 Å². The molecule has 0 bridgehead atoms. The summed E-state index contributed by atoms with van der Waals surface area (Å²) in [6.07, 6.45) is 2.73. The number of aryl methyl sites for hydroxylation is 1. The smallest absolute Gasteiger partial charge is 0.184 e. The average Bonchev–Trinajstić information content (AvgIpc) is 2.37. The zero-order valence-corrected chi connectivity index (χ0v) is 10.0. The Morgan fingerprint density at radius 2 is 2.41 bits per heavy atom. The average molecular weight is 231 g/mol. The van der Waals surface area contributed by atoms with E-state index in [4.69, 9.17) is 10.00 Å². The number of ether oxygens (including phenoxy) is 1. The zero-order chi connectivity index (χ0) is 12.3. The third-order valence-electron chi connectivity index (χ3n) is 3.19. The van der Waals surface area contributed by atoms with Crippen molar-refractivity contribution >= 4 is 0 Å². The second-order valence-electron chi connectivity index (χ2n) is 4.41. The molecule has 3 nitrogen and oxygen atoms in total. The first kappa shape index (κ1) is 11.9. The number of nitriles is 1. The van der Waals surface area contributed by atoms with E-state index in [1.807, 2.05) is 25.1 Å². The standard InChI is InChI=1S/C14H17NO2/c1-2-11(9-15)17-12-7-6-10-4-3-5-14(16)13(10)8-12/h6-8,11,14,16H,2-5H2,1H3. The number of nitrogens with zero attached hydrogens (tertiary/aromatic N) is 1. The van der Waals surface area contributed by atoms with Gasteiger partial charge in [0.2, 0.25) is 0 Å². The second-order valence-corrected chi connectivity index (χ2v) is 4.41. The highest BCUT2D eigenvalue weighted by molar-refractivity contribution is 5.38. The monoisotopic (exact) mass is 231 g/mol. The Balaban J connectivity index is 2.21. The molecule has 2 atom stereocenters. The molecule has 0 saturated carbocycles. The van der Waals surface area contributed by atoms with Crippen LogP contribution in [0.4, 0.5) is 0 Å². The van der Waals surface area contributed by atoms with E-state index in [-0.39, 0.29) is 6.10 Å². The Kier molecular flexibility index (Phi) is 3.65. The van der Waals surface area contributed by atoms with E-state index in [0.717, 1.165) is 24.8 Å². The lowest BCUT2D eigenvalue weighted by molar-refractivity contribution is 0.155. The Morgan fingerprint density at radius 1 is 1.59 bits per heavy atom. The van der Waals surface area contributed by atoms with Gasteiger partial charge in [-0.15, -0.1) is 0 Å². The minimum atomic E-state index is -0.409. The van der Waals surface area contributed by atoms with E-state index >= 15 is 0 Å². The van der Waals surface area contributed by atoms with Crippen molar-refractivity contribution in [3.8, 4) is 11.8 Å². The Morgan fingerprint density at radius 3 is 3.12 bits per heavy atom. The molecule has 1 aliphatic rings. The molecule has 1 aromatic carbocycles. The first-order chi connectivity index (χ1) is 8.24. The van der Waals surface area contributed by atoms with Crippen LogP contribution >= 0.6 is 0 Å². The number of benzene rings is 1. The van der Waals surface area contributed by atoms with Crippen molar-refractivity contribution in [3.05, 3.63) is 29.3 Å². The van der Waals surface area contributed by atoms with Crippen molar-refractivity contribution < 1.29 is 9.84 Å². The van der Waals surface area contributed by atoms with Gasteiger partial charge in [-0.05, 0) is 48.9 Å². The van der Waals surface area contributed by atoms with Crippen LogP contribution in [0.25, 0.3) is 0 Å². The normalized spacial score (nSPS) is 20.2. The minimum Gasteiger partial charge on any atom is -0.476 e. The minimum absolute atomic E-state index is 0.385. The molecule has 2 unspecified atom stereocenters. The number of aliphatic hydroxyl groups is 1. The molecule has 0 fully saturated rings. The van der Waals surface area contributed by atoms with Crippen molar-refractivity contribution in [3.63, 3.8) is 0 Å². The third-order valence-corrected chi connectivity index (χ3v) is 3.19. The molecule has 0 amide bonds. The van der Waals surface area contributed by atoms with Gasteiger partial charge < -0.3 is 9.84 Å². The molecule has 0 saturated heterocycles. The Bertz CT molecular complexity index is 436. The molecule has 1 aliphatic carbocycles. The predicted octanol–water partition coefficient (Wildman–Crippen LogP) is 2.74. The van der Waals surface area contributed by atoms with Crippen molar-refractivity contribution in [2.75, 3.05) is 0 Å². The van der Waals surface area contributed by atoms with Crippen molar-refractivity contribution in [2.24, 2.45) is 0 Å². The molecular formula is C14H17NO2. The van der Waals surface area contributed by atoms with Gasteiger partial charge in [0, 0.05) is 0 Å². The van der Waals surface area contributed by atoms with Crippen LogP contribution in [0.1, 0.15) is 43.4 Å².